The molecule has 0 fully saturated rings. The lowest BCUT2D eigenvalue weighted by Gasteiger charge is -2.39. The minimum absolute atomic E-state index is 0.0131. The van der Waals surface area contributed by atoms with Crippen molar-refractivity contribution in [2.75, 3.05) is 0 Å². The summed E-state index contributed by atoms with van der Waals surface area (Å²) in [6, 6.07) is 22.4. The second kappa shape index (κ2) is 8.54. The fourth-order valence-electron chi connectivity index (χ4n) is 4.47. The van der Waals surface area contributed by atoms with Crippen LogP contribution in [-0.4, -0.2) is 0 Å². The van der Waals surface area contributed by atoms with Crippen LogP contribution < -0.4 is 0 Å². The van der Waals surface area contributed by atoms with E-state index < -0.39 is 0 Å². The lowest BCUT2D eigenvalue weighted by Crippen LogP contribution is -2.31. The Balaban J connectivity index is 2.27. The van der Waals surface area contributed by atoms with E-state index in [1.54, 1.807) is 11.1 Å². The van der Waals surface area contributed by atoms with E-state index in [1.807, 2.05) is 0 Å². The maximum atomic E-state index is 2.40. The molecular formula is C26H32. The van der Waals surface area contributed by atoms with E-state index in [1.165, 1.54) is 36.8 Å². The number of allylic oxidation sites excluding steroid dienone is 4. The molecule has 136 valence electrons. The third-order valence-corrected chi connectivity index (χ3v) is 6.06. The number of benzene rings is 2. The van der Waals surface area contributed by atoms with E-state index in [2.05, 4.69) is 93.6 Å². The summed E-state index contributed by atoms with van der Waals surface area (Å²) in [5, 5.41) is 0. The van der Waals surface area contributed by atoms with Gasteiger partial charge >= 0.3 is 0 Å². The lowest BCUT2D eigenvalue weighted by atomic mass is 9.64. The van der Waals surface area contributed by atoms with Gasteiger partial charge in [-0.15, -0.1) is 0 Å². The fraction of sp³-hybridized carbons (Fsp3) is 0.385. The van der Waals surface area contributed by atoms with Gasteiger partial charge < -0.3 is 0 Å². The standard InChI is InChI=1S/C26H32/c1-4-6-20-26(22-14-9-7-10-15-22,23-16-11-8-12-17-23)25-19-13-18-24(25)21(3)5-2/h7-18,21H,4-6,19-20H2,1-3H3. The van der Waals surface area contributed by atoms with Gasteiger partial charge in [-0.05, 0) is 47.5 Å². The molecule has 2 aromatic rings. The smallest absolute Gasteiger partial charge is 0.0419 e. The van der Waals surface area contributed by atoms with Crippen LogP contribution in [0.5, 0.6) is 0 Å². The van der Waals surface area contributed by atoms with Gasteiger partial charge in [0, 0.05) is 5.41 Å². The first-order valence-electron chi connectivity index (χ1n) is 10.2. The molecule has 0 saturated heterocycles. The van der Waals surface area contributed by atoms with Crippen molar-refractivity contribution < 1.29 is 0 Å². The van der Waals surface area contributed by atoms with Gasteiger partial charge in [0.2, 0.25) is 0 Å². The summed E-state index contributed by atoms with van der Waals surface area (Å²) in [5.41, 5.74) is 6.06. The monoisotopic (exact) mass is 344 g/mol. The molecule has 1 aliphatic carbocycles. The van der Waals surface area contributed by atoms with Crippen LogP contribution in [0.15, 0.2) is 84.0 Å². The number of hydrogen-bond donors (Lipinski definition) is 0. The summed E-state index contributed by atoms with van der Waals surface area (Å²) in [7, 11) is 0. The van der Waals surface area contributed by atoms with Crippen molar-refractivity contribution >= 4 is 0 Å². The lowest BCUT2D eigenvalue weighted by molar-refractivity contribution is 0.501. The molecule has 0 bridgehead atoms. The maximum Gasteiger partial charge on any atom is 0.0419 e. The van der Waals surface area contributed by atoms with E-state index >= 15 is 0 Å². The summed E-state index contributed by atoms with van der Waals surface area (Å²) in [4.78, 5) is 0. The van der Waals surface area contributed by atoms with Crippen LogP contribution in [0.25, 0.3) is 0 Å². The molecule has 0 aliphatic heterocycles. The highest BCUT2D eigenvalue weighted by Crippen LogP contribution is 2.49. The molecule has 0 heterocycles. The van der Waals surface area contributed by atoms with Gasteiger partial charge in [-0.2, -0.15) is 0 Å². The van der Waals surface area contributed by atoms with E-state index in [0.29, 0.717) is 5.92 Å². The van der Waals surface area contributed by atoms with Crippen molar-refractivity contribution in [2.45, 2.75) is 58.3 Å². The van der Waals surface area contributed by atoms with Crippen molar-refractivity contribution in [1.82, 2.24) is 0 Å². The SMILES string of the molecule is CCCCC(C1=C(C(C)CC)C=CC1)(c1ccccc1)c1ccccc1. The van der Waals surface area contributed by atoms with Crippen LogP contribution in [0, 0.1) is 5.92 Å². The molecule has 0 radical (unpaired) electrons. The third-order valence-electron chi connectivity index (χ3n) is 6.06. The maximum absolute atomic E-state index is 2.40. The van der Waals surface area contributed by atoms with E-state index in [0.717, 1.165) is 6.42 Å². The summed E-state index contributed by atoms with van der Waals surface area (Å²) < 4.78 is 0. The Morgan fingerprint density at radius 1 is 0.885 bits per heavy atom. The minimum Gasteiger partial charge on any atom is -0.0801 e. The molecular weight excluding hydrogens is 312 g/mol. The fourth-order valence-corrected chi connectivity index (χ4v) is 4.47. The van der Waals surface area contributed by atoms with Crippen LogP contribution in [0.3, 0.4) is 0 Å². The van der Waals surface area contributed by atoms with Crippen molar-refractivity contribution in [3.63, 3.8) is 0 Å². The Labute approximate surface area is 159 Å². The molecule has 1 aliphatic rings. The summed E-state index contributed by atoms with van der Waals surface area (Å²) in [6.07, 6.45) is 10.7. The second-order valence-corrected chi connectivity index (χ2v) is 7.59. The van der Waals surface area contributed by atoms with E-state index in [9.17, 15) is 0 Å². The van der Waals surface area contributed by atoms with E-state index in [4.69, 9.17) is 0 Å². The predicted octanol–water partition coefficient (Wildman–Crippen LogP) is 7.47. The van der Waals surface area contributed by atoms with Crippen LogP contribution in [0.1, 0.15) is 64.0 Å². The number of rotatable bonds is 8. The Kier molecular flexibility index (Phi) is 6.14. The molecule has 0 saturated carbocycles. The average Bonchev–Trinajstić information content (AvgIpc) is 3.20. The molecule has 2 aromatic carbocycles. The highest BCUT2D eigenvalue weighted by molar-refractivity contribution is 5.54. The average molecular weight is 345 g/mol. The quantitative estimate of drug-likeness (QED) is 0.466. The molecule has 1 atom stereocenters. The van der Waals surface area contributed by atoms with Crippen molar-refractivity contribution in [1.29, 1.82) is 0 Å². The van der Waals surface area contributed by atoms with Crippen molar-refractivity contribution in [2.24, 2.45) is 5.92 Å². The van der Waals surface area contributed by atoms with Gasteiger partial charge in [0.05, 0.1) is 0 Å². The minimum atomic E-state index is -0.0131. The van der Waals surface area contributed by atoms with Crippen molar-refractivity contribution in [3.8, 4) is 0 Å². The molecule has 0 N–H and O–H groups in total. The summed E-state index contributed by atoms with van der Waals surface area (Å²) >= 11 is 0. The van der Waals surface area contributed by atoms with Crippen LogP contribution in [0.4, 0.5) is 0 Å². The largest absolute Gasteiger partial charge is 0.0801 e. The zero-order chi connectivity index (χ0) is 18.4. The van der Waals surface area contributed by atoms with Gasteiger partial charge in [-0.25, -0.2) is 0 Å². The third kappa shape index (κ3) is 3.43. The van der Waals surface area contributed by atoms with E-state index in [-0.39, 0.29) is 5.41 Å². The highest BCUT2D eigenvalue weighted by Gasteiger charge is 2.39. The van der Waals surface area contributed by atoms with Crippen molar-refractivity contribution in [3.05, 3.63) is 95.1 Å². The first kappa shape index (κ1) is 18.7. The molecule has 3 rings (SSSR count). The number of unbranched alkanes of at least 4 members (excludes halogenated alkanes) is 1. The Hall–Kier alpha value is -2.08. The number of hydrogen-bond acceptors (Lipinski definition) is 0. The summed E-state index contributed by atoms with van der Waals surface area (Å²) in [6.45, 7) is 6.99. The molecule has 0 amide bonds. The predicted molar refractivity (Wildman–Crippen MR) is 113 cm³/mol. The van der Waals surface area contributed by atoms with Gasteiger partial charge in [0.25, 0.3) is 0 Å². The molecule has 0 spiro atoms. The summed E-state index contributed by atoms with van der Waals surface area (Å²) in [5.74, 6) is 0.608. The topological polar surface area (TPSA) is 0 Å². The van der Waals surface area contributed by atoms with Crippen LogP contribution in [0.2, 0.25) is 0 Å². The van der Waals surface area contributed by atoms with Gasteiger partial charge in [-0.1, -0.05) is 106 Å². The van der Waals surface area contributed by atoms with Gasteiger partial charge in [0.1, 0.15) is 0 Å². The first-order valence-corrected chi connectivity index (χ1v) is 10.2. The Morgan fingerprint density at radius 3 is 1.96 bits per heavy atom. The first-order chi connectivity index (χ1) is 12.7. The molecule has 26 heavy (non-hydrogen) atoms. The zero-order valence-corrected chi connectivity index (χ0v) is 16.5. The van der Waals surface area contributed by atoms with Crippen LogP contribution in [-0.2, 0) is 5.41 Å². The van der Waals surface area contributed by atoms with Gasteiger partial charge in [-0.3, -0.25) is 0 Å². The van der Waals surface area contributed by atoms with Gasteiger partial charge in [0.15, 0.2) is 0 Å². The second-order valence-electron chi connectivity index (χ2n) is 7.59. The van der Waals surface area contributed by atoms with Crippen LogP contribution >= 0.6 is 0 Å². The normalized spacial score (nSPS) is 15.5. The highest BCUT2D eigenvalue weighted by atomic mass is 14.4. The zero-order valence-electron chi connectivity index (χ0n) is 16.5. The molecule has 0 aromatic heterocycles. The Morgan fingerprint density at radius 2 is 1.46 bits per heavy atom. The Bertz CT molecular complexity index is 710. The molecule has 0 heteroatoms. The molecule has 0 nitrogen and oxygen atoms in total. The molecule has 1 unspecified atom stereocenters.